The molecule has 1 aromatic rings. The second-order valence-corrected chi connectivity index (χ2v) is 5.14. The monoisotopic (exact) mass is 278 g/mol. The molecule has 0 amide bonds. The van der Waals surface area contributed by atoms with Gasteiger partial charge in [0.2, 0.25) is 0 Å². The van der Waals surface area contributed by atoms with Crippen LogP contribution in [-0.2, 0) is 4.79 Å². The number of nitriles is 1. The zero-order valence-corrected chi connectivity index (χ0v) is 11.2. The summed E-state index contributed by atoms with van der Waals surface area (Å²) < 4.78 is 0. The minimum Gasteiger partial charge on any atom is -0.480 e. The molecule has 4 nitrogen and oxygen atoms in total. The molecule has 1 aliphatic rings. The van der Waals surface area contributed by atoms with Crippen molar-refractivity contribution in [2.45, 2.75) is 31.7 Å². The van der Waals surface area contributed by atoms with Crippen LogP contribution in [0.15, 0.2) is 18.2 Å². The fraction of sp³-hybridized carbons (Fsp3) is 0.429. The van der Waals surface area contributed by atoms with Crippen LogP contribution in [0.4, 0.5) is 5.69 Å². The van der Waals surface area contributed by atoms with Gasteiger partial charge in [0.15, 0.2) is 0 Å². The second kappa shape index (κ2) is 5.94. The lowest BCUT2D eigenvalue weighted by Crippen LogP contribution is -2.37. The molecule has 1 aliphatic carbocycles. The van der Waals surface area contributed by atoms with Crippen molar-refractivity contribution in [1.82, 2.24) is 0 Å². The van der Waals surface area contributed by atoms with Crippen LogP contribution >= 0.6 is 11.6 Å². The zero-order valence-electron chi connectivity index (χ0n) is 10.5. The minimum atomic E-state index is -0.854. The molecule has 0 spiro atoms. The first-order chi connectivity index (χ1) is 9.11. The summed E-state index contributed by atoms with van der Waals surface area (Å²) in [6, 6.07) is 7.35. The Hall–Kier alpha value is -1.73. The molecule has 0 unspecified atom stereocenters. The van der Waals surface area contributed by atoms with Crippen molar-refractivity contribution >= 4 is 23.3 Å². The number of nitrogens with zero attached hydrogens (tertiary/aromatic N) is 2. The maximum absolute atomic E-state index is 11.0. The van der Waals surface area contributed by atoms with E-state index in [9.17, 15) is 4.79 Å². The highest BCUT2D eigenvalue weighted by molar-refractivity contribution is 6.32. The average Bonchev–Trinajstić information content (AvgIpc) is 2.89. The molecule has 0 aliphatic heterocycles. The van der Waals surface area contributed by atoms with Crippen molar-refractivity contribution < 1.29 is 9.90 Å². The summed E-state index contributed by atoms with van der Waals surface area (Å²) in [5.74, 6) is -0.854. The average molecular weight is 279 g/mol. The molecule has 0 aromatic heterocycles. The molecule has 1 N–H and O–H groups in total. The number of rotatable bonds is 4. The van der Waals surface area contributed by atoms with Crippen LogP contribution < -0.4 is 4.90 Å². The quantitative estimate of drug-likeness (QED) is 0.919. The van der Waals surface area contributed by atoms with Crippen LogP contribution in [-0.4, -0.2) is 23.7 Å². The maximum Gasteiger partial charge on any atom is 0.323 e. The molecule has 19 heavy (non-hydrogen) atoms. The van der Waals surface area contributed by atoms with E-state index in [0.717, 1.165) is 31.4 Å². The number of aliphatic carboxylic acids is 1. The SMILES string of the molecule is N#Cc1ccc(N(CC(=O)O)C2CCCC2)cc1Cl. The maximum atomic E-state index is 11.0. The molecular formula is C14H15ClN2O2. The van der Waals surface area contributed by atoms with Gasteiger partial charge in [-0.3, -0.25) is 4.79 Å². The van der Waals surface area contributed by atoms with Gasteiger partial charge in [-0.15, -0.1) is 0 Å². The van der Waals surface area contributed by atoms with Crippen molar-refractivity contribution in [3.05, 3.63) is 28.8 Å². The zero-order chi connectivity index (χ0) is 13.8. The first-order valence-electron chi connectivity index (χ1n) is 6.30. The number of hydrogen-bond acceptors (Lipinski definition) is 3. The number of anilines is 1. The first-order valence-corrected chi connectivity index (χ1v) is 6.67. The molecular weight excluding hydrogens is 264 g/mol. The van der Waals surface area contributed by atoms with E-state index in [4.69, 9.17) is 22.0 Å². The number of hydrogen-bond donors (Lipinski definition) is 1. The van der Waals surface area contributed by atoms with Crippen LogP contribution in [0.5, 0.6) is 0 Å². The number of carbonyl (C=O) groups is 1. The lowest BCUT2D eigenvalue weighted by Gasteiger charge is -2.29. The Morgan fingerprint density at radius 3 is 2.68 bits per heavy atom. The number of benzene rings is 1. The van der Waals surface area contributed by atoms with Crippen molar-refractivity contribution in [3.8, 4) is 6.07 Å². The van der Waals surface area contributed by atoms with E-state index in [0.29, 0.717) is 10.6 Å². The van der Waals surface area contributed by atoms with Crippen molar-refractivity contribution in [2.75, 3.05) is 11.4 Å². The van der Waals surface area contributed by atoms with Crippen molar-refractivity contribution in [3.63, 3.8) is 0 Å². The fourth-order valence-electron chi connectivity index (χ4n) is 2.57. The van der Waals surface area contributed by atoms with Gasteiger partial charge in [0.25, 0.3) is 0 Å². The van der Waals surface area contributed by atoms with Gasteiger partial charge >= 0.3 is 5.97 Å². The van der Waals surface area contributed by atoms with Crippen molar-refractivity contribution in [1.29, 1.82) is 5.26 Å². The molecule has 0 saturated heterocycles. The van der Waals surface area contributed by atoms with E-state index in [1.165, 1.54) is 0 Å². The van der Waals surface area contributed by atoms with Crippen LogP contribution in [0.3, 0.4) is 0 Å². The summed E-state index contributed by atoms with van der Waals surface area (Å²) in [6.07, 6.45) is 4.27. The third kappa shape index (κ3) is 3.18. The molecule has 0 atom stereocenters. The molecule has 2 rings (SSSR count). The first kappa shape index (κ1) is 13.7. The number of carboxylic acid groups (broad SMARTS) is 1. The highest BCUT2D eigenvalue weighted by Gasteiger charge is 2.25. The summed E-state index contributed by atoms with van der Waals surface area (Å²) in [4.78, 5) is 12.9. The van der Waals surface area contributed by atoms with Crippen LogP contribution in [0, 0.1) is 11.3 Å². The lowest BCUT2D eigenvalue weighted by atomic mass is 10.1. The molecule has 5 heteroatoms. The summed E-state index contributed by atoms with van der Waals surface area (Å²) in [7, 11) is 0. The molecule has 1 aromatic carbocycles. The standard InChI is InChI=1S/C14H15ClN2O2/c15-13-7-12(6-5-10(13)8-16)17(9-14(18)19)11-3-1-2-4-11/h5-7,11H,1-4,9H2,(H,18,19). The lowest BCUT2D eigenvalue weighted by molar-refractivity contribution is -0.135. The van der Waals surface area contributed by atoms with Crippen LogP contribution in [0.25, 0.3) is 0 Å². The second-order valence-electron chi connectivity index (χ2n) is 4.74. The van der Waals surface area contributed by atoms with E-state index < -0.39 is 5.97 Å². The van der Waals surface area contributed by atoms with Crippen LogP contribution in [0.2, 0.25) is 5.02 Å². The third-order valence-corrected chi connectivity index (χ3v) is 3.79. The predicted octanol–water partition coefficient (Wildman–Crippen LogP) is 3.05. The normalized spacial score (nSPS) is 15.2. The van der Waals surface area contributed by atoms with Crippen LogP contribution in [0.1, 0.15) is 31.2 Å². The molecule has 1 fully saturated rings. The molecule has 0 bridgehead atoms. The summed E-state index contributed by atoms with van der Waals surface area (Å²) in [5.41, 5.74) is 1.19. The van der Waals surface area contributed by atoms with Gasteiger partial charge in [0.1, 0.15) is 12.6 Å². The fourth-order valence-corrected chi connectivity index (χ4v) is 2.78. The van der Waals surface area contributed by atoms with Gasteiger partial charge in [-0.2, -0.15) is 5.26 Å². The van der Waals surface area contributed by atoms with E-state index in [1.54, 1.807) is 18.2 Å². The smallest absolute Gasteiger partial charge is 0.323 e. The summed E-state index contributed by atoms with van der Waals surface area (Å²) in [5, 5.41) is 18.3. The largest absolute Gasteiger partial charge is 0.480 e. The third-order valence-electron chi connectivity index (χ3n) is 3.48. The Balaban J connectivity index is 2.29. The predicted molar refractivity (Wildman–Crippen MR) is 73.4 cm³/mol. The highest BCUT2D eigenvalue weighted by atomic mass is 35.5. The molecule has 1 saturated carbocycles. The Bertz CT molecular complexity index is 519. The van der Waals surface area contributed by atoms with E-state index in [-0.39, 0.29) is 12.6 Å². The molecule has 100 valence electrons. The highest BCUT2D eigenvalue weighted by Crippen LogP contribution is 2.30. The van der Waals surface area contributed by atoms with Gasteiger partial charge in [-0.25, -0.2) is 0 Å². The minimum absolute atomic E-state index is 0.0348. The molecule has 0 radical (unpaired) electrons. The Morgan fingerprint density at radius 1 is 1.47 bits per heavy atom. The van der Waals surface area contributed by atoms with Crippen molar-refractivity contribution in [2.24, 2.45) is 0 Å². The number of carboxylic acids is 1. The topological polar surface area (TPSA) is 64.3 Å². The number of halogens is 1. The Kier molecular flexibility index (Phi) is 4.28. The molecule has 0 heterocycles. The van der Waals surface area contributed by atoms with Gasteiger partial charge in [0, 0.05) is 11.7 Å². The van der Waals surface area contributed by atoms with Gasteiger partial charge in [0.05, 0.1) is 10.6 Å². The van der Waals surface area contributed by atoms with E-state index >= 15 is 0 Å². The Labute approximate surface area is 117 Å². The van der Waals surface area contributed by atoms with E-state index in [2.05, 4.69) is 0 Å². The van der Waals surface area contributed by atoms with Gasteiger partial charge in [-0.1, -0.05) is 24.4 Å². The van der Waals surface area contributed by atoms with Gasteiger partial charge in [-0.05, 0) is 31.0 Å². The Morgan fingerprint density at radius 2 is 2.16 bits per heavy atom. The summed E-state index contributed by atoms with van der Waals surface area (Å²) >= 11 is 6.02. The van der Waals surface area contributed by atoms with Gasteiger partial charge < -0.3 is 10.0 Å². The van der Waals surface area contributed by atoms with E-state index in [1.807, 2.05) is 11.0 Å². The summed E-state index contributed by atoms with van der Waals surface area (Å²) in [6.45, 7) is -0.0348.